The summed E-state index contributed by atoms with van der Waals surface area (Å²) in [6.07, 6.45) is 5.49. The van der Waals surface area contributed by atoms with Crippen molar-refractivity contribution in [3.8, 4) is 0 Å². The second-order valence-electron chi connectivity index (χ2n) is 8.02. The largest absolute Gasteiger partial charge is 0.385 e. The highest BCUT2D eigenvalue weighted by molar-refractivity contribution is 7.86. The number of aliphatic imine (C=N–C) groups is 1. The maximum atomic E-state index is 12.4. The van der Waals surface area contributed by atoms with E-state index in [1.165, 1.54) is 6.07 Å². The van der Waals surface area contributed by atoms with E-state index in [0.717, 1.165) is 41.2 Å². The highest BCUT2D eigenvalue weighted by Gasteiger charge is 2.25. The van der Waals surface area contributed by atoms with Gasteiger partial charge in [0.05, 0.1) is 10.6 Å². The van der Waals surface area contributed by atoms with E-state index in [9.17, 15) is 25.9 Å². The minimum atomic E-state index is -4.86. The van der Waals surface area contributed by atoms with Crippen molar-refractivity contribution in [1.82, 2.24) is 0 Å². The van der Waals surface area contributed by atoms with E-state index in [0.29, 0.717) is 23.3 Å². The Kier molecular flexibility index (Phi) is 7.80. The molecule has 1 aliphatic rings. The minimum Gasteiger partial charge on any atom is -0.385 e. The van der Waals surface area contributed by atoms with Gasteiger partial charge in [-0.2, -0.15) is 16.8 Å². The number of nitrogens with zero attached hydrogens (tertiary/aromatic N) is 1. The Morgan fingerprint density at radius 1 is 0.943 bits per heavy atom. The van der Waals surface area contributed by atoms with Crippen LogP contribution in [0.2, 0.25) is 0 Å². The molecule has 0 radical (unpaired) electrons. The molecule has 10 heteroatoms. The number of hydrogen-bond acceptors (Lipinski definition) is 6. The summed E-state index contributed by atoms with van der Waals surface area (Å²) >= 11 is 0. The van der Waals surface area contributed by atoms with Crippen LogP contribution >= 0.6 is 0 Å². The molecule has 0 atom stereocenters. The van der Waals surface area contributed by atoms with Crippen molar-refractivity contribution in [3.63, 3.8) is 0 Å². The van der Waals surface area contributed by atoms with Crippen molar-refractivity contribution in [1.29, 1.82) is 0 Å². The SMILES string of the molecule is CCN=C1C=C/C(=C(/c2ccc(NCC)c(C)c2)c2ccc(S(=O)(=O)O)cc2S(=O)(=O)O)C=C1C. The Balaban J connectivity index is 2.41. The number of nitrogens with one attached hydrogen (secondary N) is 1. The number of allylic oxidation sites excluding steroid dienone is 5. The zero-order valence-electron chi connectivity index (χ0n) is 19.9. The van der Waals surface area contributed by atoms with Crippen molar-refractivity contribution in [2.24, 2.45) is 4.99 Å². The maximum Gasteiger partial charge on any atom is 0.295 e. The van der Waals surface area contributed by atoms with Gasteiger partial charge in [0.25, 0.3) is 20.2 Å². The topological polar surface area (TPSA) is 133 Å². The summed E-state index contributed by atoms with van der Waals surface area (Å²) < 4.78 is 67.5. The van der Waals surface area contributed by atoms with E-state index in [1.54, 1.807) is 6.08 Å². The van der Waals surface area contributed by atoms with E-state index >= 15 is 0 Å². The second-order valence-corrected chi connectivity index (χ2v) is 10.8. The number of hydrogen-bond donors (Lipinski definition) is 3. The molecule has 0 spiro atoms. The number of aryl methyl sites for hydroxylation is 1. The second kappa shape index (κ2) is 10.3. The van der Waals surface area contributed by atoms with Gasteiger partial charge in [0.1, 0.15) is 4.90 Å². The maximum absolute atomic E-state index is 12.4. The summed E-state index contributed by atoms with van der Waals surface area (Å²) in [5.74, 6) is 0. The lowest BCUT2D eigenvalue weighted by Gasteiger charge is -2.19. The van der Waals surface area contributed by atoms with Crippen LogP contribution in [0, 0.1) is 6.92 Å². The first-order chi connectivity index (χ1) is 16.4. The third kappa shape index (κ3) is 5.96. The van der Waals surface area contributed by atoms with Crippen LogP contribution in [0.15, 0.2) is 80.6 Å². The molecular formula is C25H28N2O6S2. The van der Waals surface area contributed by atoms with Crippen LogP contribution in [0.25, 0.3) is 5.57 Å². The molecule has 1 aliphatic carbocycles. The summed E-state index contributed by atoms with van der Waals surface area (Å²) in [6.45, 7) is 9.04. The Labute approximate surface area is 206 Å². The highest BCUT2D eigenvalue weighted by Crippen LogP contribution is 2.36. The van der Waals surface area contributed by atoms with Crippen LogP contribution in [0.5, 0.6) is 0 Å². The van der Waals surface area contributed by atoms with Gasteiger partial charge in [0, 0.05) is 24.3 Å². The first-order valence-electron chi connectivity index (χ1n) is 11.0. The normalized spacial score (nSPS) is 16.9. The van der Waals surface area contributed by atoms with Gasteiger partial charge < -0.3 is 5.32 Å². The molecule has 35 heavy (non-hydrogen) atoms. The predicted octanol–water partition coefficient (Wildman–Crippen LogP) is 4.70. The Hall–Kier alpha value is -3.05. The molecule has 0 bridgehead atoms. The zero-order chi connectivity index (χ0) is 26.0. The minimum absolute atomic E-state index is 0.0927. The molecule has 3 rings (SSSR count). The van der Waals surface area contributed by atoms with Gasteiger partial charge >= 0.3 is 0 Å². The fourth-order valence-electron chi connectivity index (χ4n) is 3.93. The summed E-state index contributed by atoms with van der Waals surface area (Å²) in [7, 11) is -9.56. The fraction of sp³-hybridized carbons (Fsp3) is 0.240. The number of benzene rings is 2. The highest BCUT2D eigenvalue weighted by atomic mass is 32.2. The average molecular weight is 517 g/mol. The first-order valence-corrected chi connectivity index (χ1v) is 13.8. The molecule has 3 N–H and O–H groups in total. The molecule has 0 heterocycles. The smallest absolute Gasteiger partial charge is 0.295 e. The molecule has 2 aromatic carbocycles. The number of rotatable bonds is 7. The van der Waals surface area contributed by atoms with Gasteiger partial charge in [-0.15, -0.1) is 0 Å². The molecule has 0 unspecified atom stereocenters. The van der Waals surface area contributed by atoms with Crippen LogP contribution in [-0.2, 0) is 20.2 Å². The third-order valence-corrected chi connectivity index (χ3v) is 7.24. The van der Waals surface area contributed by atoms with Gasteiger partial charge in [-0.1, -0.05) is 18.2 Å². The van der Waals surface area contributed by atoms with Crippen LogP contribution in [0.4, 0.5) is 5.69 Å². The van der Waals surface area contributed by atoms with Crippen LogP contribution < -0.4 is 5.32 Å². The van der Waals surface area contributed by atoms with Crippen molar-refractivity contribution in [3.05, 3.63) is 82.5 Å². The molecule has 186 valence electrons. The Morgan fingerprint density at radius 3 is 2.20 bits per heavy atom. The quantitative estimate of drug-likeness (QED) is 0.454. The van der Waals surface area contributed by atoms with Gasteiger partial charge in [-0.3, -0.25) is 14.1 Å². The van der Waals surface area contributed by atoms with E-state index in [-0.39, 0.29) is 5.56 Å². The summed E-state index contributed by atoms with van der Waals surface area (Å²) in [4.78, 5) is 3.18. The van der Waals surface area contributed by atoms with Crippen LogP contribution in [-0.4, -0.2) is 44.7 Å². The molecule has 0 aromatic heterocycles. The van der Waals surface area contributed by atoms with Crippen LogP contribution in [0.1, 0.15) is 37.5 Å². The van der Waals surface area contributed by atoms with E-state index < -0.39 is 30.0 Å². The molecule has 0 aliphatic heterocycles. The summed E-state index contributed by atoms with van der Waals surface area (Å²) in [5.41, 5.74) is 5.37. The van der Waals surface area contributed by atoms with Crippen LogP contribution in [0.3, 0.4) is 0 Å². The van der Waals surface area contributed by atoms with Crippen molar-refractivity contribution >= 4 is 37.2 Å². The number of anilines is 1. The lowest BCUT2D eigenvalue weighted by Crippen LogP contribution is -2.09. The van der Waals surface area contributed by atoms with Gasteiger partial charge in [0.15, 0.2) is 0 Å². The molecule has 0 saturated heterocycles. The standard InChI is InChI=1S/C25H28N2O6S2/c1-5-26-22-11-7-18(13-16(22)3)25(19-8-12-23(27-6-2)17(4)14-19)21-10-9-20(34(28,29)30)15-24(21)35(31,32)33/h7-15,26H,5-6H2,1-4H3,(H,28,29,30)(H,31,32,33)/b25-19+,27-23?. The van der Waals surface area contributed by atoms with Crippen molar-refractivity contribution in [2.75, 3.05) is 18.4 Å². The average Bonchev–Trinajstić information content (AvgIpc) is 2.76. The van der Waals surface area contributed by atoms with Crippen molar-refractivity contribution in [2.45, 2.75) is 37.5 Å². The zero-order valence-corrected chi connectivity index (χ0v) is 21.5. The molecule has 0 fully saturated rings. The van der Waals surface area contributed by atoms with Crippen molar-refractivity contribution < 1.29 is 25.9 Å². The molecular weight excluding hydrogens is 488 g/mol. The first kappa shape index (κ1) is 26.6. The molecule has 2 aromatic rings. The van der Waals surface area contributed by atoms with E-state index in [1.807, 2.05) is 58.0 Å². The summed E-state index contributed by atoms with van der Waals surface area (Å²) in [5, 5.41) is 3.26. The Bertz CT molecular complexity index is 1500. The van der Waals surface area contributed by atoms with E-state index in [4.69, 9.17) is 0 Å². The predicted molar refractivity (Wildman–Crippen MR) is 138 cm³/mol. The molecule has 0 saturated carbocycles. The lowest BCUT2D eigenvalue weighted by atomic mass is 9.88. The monoisotopic (exact) mass is 516 g/mol. The van der Waals surface area contributed by atoms with Gasteiger partial charge in [0.2, 0.25) is 0 Å². The summed E-state index contributed by atoms with van der Waals surface area (Å²) in [6, 6.07) is 8.72. The van der Waals surface area contributed by atoms with Gasteiger partial charge in [-0.25, -0.2) is 0 Å². The lowest BCUT2D eigenvalue weighted by molar-refractivity contribution is 0.481. The molecule has 0 amide bonds. The van der Waals surface area contributed by atoms with E-state index in [2.05, 4.69) is 10.3 Å². The molecule has 8 nitrogen and oxygen atoms in total. The third-order valence-electron chi connectivity index (χ3n) is 5.49. The fourth-order valence-corrected chi connectivity index (χ4v) is 5.23. The Morgan fingerprint density at radius 2 is 1.66 bits per heavy atom. The van der Waals surface area contributed by atoms with Gasteiger partial charge in [-0.05, 0) is 92.0 Å².